The zero-order chi connectivity index (χ0) is 13.8. The van der Waals surface area contributed by atoms with Gasteiger partial charge in [0.05, 0.1) is 24.8 Å². The van der Waals surface area contributed by atoms with Crippen molar-refractivity contribution in [1.29, 1.82) is 0 Å². The number of nitrogens with one attached hydrogen (secondary N) is 2. The fraction of sp³-hybridized carbons (Fsp3) is 0.462. The van der Waals surface area contributed by atoms with Crippen molar-refractivity contribution in [2.75, 3.05) is 27.3 Å². The second-order valence-electron chi connectivity index (χ2n) is 4.33. The van der Waals surface area contributed by atoms with Crippen molar-refractivity contribution >= 4 is 5.91 Å². The van der Waals surface area contributed by atoms with E-state index in [2.05, 4.69) is 10.6 Å². The standard InChI is InChI=1S/C13H17FN2O3/c1-18-10-5-3-4-8(12(10)14)13(17)16-9-6-15-7-11(9)19-2/h3-5,9,11,15H,6-7H2,1-2H3,(H,16,17)/t9-,11-/m0/s1. The molecule has 1 aromatic rings. The van der Waals surface area contributed by atoms with Crippen LogP contribution < -0.4 is 15.4 Å². The molecule has 0 unspecified atom stereocenters. The molecule has 2 atom stereocenters. The quantitative estimate of drug-likeness (QED) is 0.837. The Morgan fingerprint density at radius 1 is 1.42 bits per heavy atom. The third-order valence-electron chi connectivity index (χ3n) is 3.21. The largest absolute Gasteiger partial charge is 0.494 e. The van der Waals surface area contributed by atoms with E-state index >= 15 is 0 Å². The summed E-state index contributed by atoms with van der Waals surface area (Å²) in [5, 5.41) is 5.88. The molecule has 1 aliphatic rings. The molecule has 0 radical (unpaired) electrons. The molecule has 1 aromatic carbocycles. The SMILES string of the molecule is COc1cccc(C(=O)N[C@H]2CNC[C@@H]2OC)c1F. The number of halogens is 1. The van der Waals surface area contributed by atoms with Crippen molar-refractivity contribution in [3.8, 4) is 5.75 Å². The Morgan fingerprint density at radius 2 is 2.21 bits per heavy atom. The van der Waals surface area contributed by atoms with Gasteiger partial charge in [-0.3, -0.25) is 4.79 Å². The molecular formula is C13H17FN2O3. The third-order valence-corrected chi connectivity index (χ3v) is 3.21. The van der Waals surface area contributed by atoms with E-state index in [1.165, 1.54) is 19.2 Å². The predicted molar refractivity (Wildman–Crippen MR) is 67.9 cm³/mol. The number of hydrogen-bond acceptors (Lipinski definition) is 4. The van der Waals surface area contributed by atoms with Gasteiger partial charge in [-0.25, -0.2) is 4.39 Å². The van der Waals surface area contributed by atoms with E-state index in [4.69, 9.17) is 9.47 Å². The van der Waals surface area contributed by atoms with Crippen LogP contribution in [0.2, 0.25) is 0 Å². The highest BCUT2D eigenvalue weighted by atomic mass is 19.1. The smallest absolute Gasteiger partial charge is 0.254 e. The van der Waals surface area contributed by atoms with Crippen LogP contribution in [0.15, 0.2) is 18.2 Å². The van der Waals surface area contributed by atoms with Gasteiger partial charge in [0.1, 0.15) is 0 Å². The molecular weight excluding hydrogens is 251 g/mol. The van der Waals surface area contributed by atoms with Crippen molar-refractivity contribution in [3.05, 3.63) is 29.6 Å². The number of carbonyl (C=O) groups is 1. The summed E-state index contributed by atoms with van der Waals surface area (Å²) in [6, 6.07) is 4.32. The second kappa shape index (κ2) is 5.99. The second-order valence-corrected chi connectivity index (χ2v) is 4.33. The first-order valence-corrected chi connectivity index (χ1v) is 6.04. The Morgan fingerprint density at radius 3 is 2.89 bits per heavy atom. The highest BCUT2D eigenvalue weighted by Crippen LogP contribution is 2.20. The normalized spacial score (nSPS) is 22.3. The topological polar surface area (TPSA) is 59.6 Å². The first-order chi connectivity index (χ1) is 9.17. The molecule has 0 aromatic heterocycles. The summed E-state index contributed by atoms with van der Waals surface area (Å²) in [7, 11) is 2.95. The Balaban J connectivity index is 2.12. The summed E-state index contributed by atoms with van der Waals surface area (Å²) in [6.07, 6.45) is -0.0994. The van der Waals surface area contributed by atoms with Gasteiger partial charge in [0.2, 0.25) is 0 Å². The Bertz CT molecular complexity index is 467. The van der Waals surface area contributed by atoms with Crippen LogP contribution in [0.3, 0.4) is 0 Å². The Hall–Kier alpha value is -1.66. The molecule has 5 nitrogen and oxygen atoms in total. The van der Waals surface area contributed by atoms with Crippen LogP contribution in [0.1, 0.15) is 10.4 Å². The molecule has 1 saturated heterocycles. The Labute approximate surface area is 111 Å². The van der Waals surface area contributed by atoms with Gasteiger partial charge < -0.3 is 20.1 Å². The van der Waals surface area contributed by atoms with Crippen LogP contribution in [0.4, 0.5) is 4.39 Å². The molecule has 6 heteroatoms. The summed E-state index contributed by atoms with van der Waals surface area (Å²) in [6.45, 7) is 1.28. The van der Waals surface area contributed by atoms with Crippen LogP contribution in [0.5, 0.6) is 5.75 Å². The van der Waals surface area contributed by atoms with Gasteiger partial charge in [0, 0.05) is 20.2 Å². The zero-order valence-corrected chi connectivity index (χ0v) is 10.9. The van der Waals surface area contributed by atoms with Crippen molar-refractivity contribution in [3.63, 3.8) is 0 Å². The molecule has 104 valence electrons. The number of amides is 1. The van der Waals surface area contributed by atoms with E-state index in [1.807, 2.05) is 0 Å². The molecule has 2 N–H and O–H groups in total. The summed E-state index contributed by atoms with van der Waals surface area (Å²) in [5.41, 5.74) is -0.0268. The maximum atomic E-state index is 13.9. The molecule has 1 amide bonds. The van der Waals surface area contributed by atoms with Crippen molar-refractivity contribution < 1.29 is 18.7 Å². The van der Waals surface area contributed by atoms with Crippen LogP contribution in [0, 0.1) is 5.82 Å². The molecule has 0 bridgehead atoms. The Kier molecular flexibility index (Phi) is 4.34. The molecule has 1 heterocycles. The number of methoxy groups -OCH3 is 2. The van der Waals surface area contributed by atoms with Crippen LogP contribution >= 0.6 is 0 Å². The average molecular weight is 268 g/mol. The van der Waals surface area contributed by atoms with Gasteiger partial charge in [-0.05, 0) is 12.1 Å². The van der Waals surface area contributed by atoms with E-state index < -0.39 is 11.7 Å². The molecule has 1 aliphatic heterocycles. The highest BCUT2D eigenvalue weighted by molar-refractivity contribution is 5.95. The monoisotopic (exact) mass is 268 g/mol. The average Bonchev–Trinajstić information content (AvgIpc) is 2.86. The van der Waals surface area contributed by atoms with E-state index in [-0.39, 0.29) is 23.5 Å². The van der Waals surface area contributed by atoms with Crippen LogP contribution in [0.25, 0.3) is 0 Å². The minimum atomic E-state index is -0.651. The number of benzene rings is 1. The number of ether oxygens (including phenoxy) is 2. The molecule has 0 aliphatic carbocycles. The van der Waals surface area contributed by atoms with Gasteiger partial charge in [-0.1, -0.05) is 6.07 Å². The lowest BCUT2D eigenvalue weighted by Gasteiger charge is -2.18. The zero-order valence-electron chi connectivity index (χ0n) is 10.9. The highest BCUT2D eigenvalue weighted by Gasteiger charge is 2.29. The summed E-state index contributed by atoms with van der Waals surface area (Å²) >= 11 is 0. The third kappa shape index (κ3) is 2.85. The first kappa shape index (κ1) is 13.8. The van der Waals surface area contributed by atoms with Crippen LogP contribution in [-0.2, 0) is 4.74 Å². The molecule has 0 spiro atoms. The van der Waals surface area contributed by atoms with E-state index in [9.17, 15) is 9.18 Å². The van der Waals surface area contributed by atoms with Crippen molar-refractivity contribution in [2.45, 2.75) is 12.1 Å². The molecule has 1 fully saturated rings. The van der Waals surface area contributed by atoms with Gasteiger partial charge in [-0.2, -0.15) is 0 Å². The lowest BCUT2D eigenvalue weighted by atomic mass is 10.1. The fourth-order valence-electron chi connectivity index (χ4n) is 2.14. The minimum Gasteiger partial charge on any atom is -0.494 e. The van der Waals surface area contributed by atoms with Gasteiger partial charge in [-0.15, -0.1) is 0 Å². The van der Waals surface area contributed by atoms with Gasteiger partial charge in [0.25, 0.3) is 5.91 Å². The maximum absolute atomic E-state index is 13.9. The predicted octanol–water partition coefficient (Wildman–Crippen LogP) is 0.551. The molecule has 0 saturated carbocycles. The van der Waals surface area contributed by atoms with E-state index in [0.717, 1.165) is 0 Å². The first-order valence-electron chi connectivity index (χ1n) is 6.04. The lowest BCUT2D eigenvalue weighted by molar-refractivity contribution is 0.0776. The number of hydrogen-bond donors (Lipinski definition) is 2. The van der Waals surface area contributed by atoms with E-state index in [1.54, 1.807) is 13.2 Å². The lowest BCUT2D eigenvalue weighted by Crippen LogP contribution is -2.43. The summed E-state index contributed by atoms with van der Waals surface area (Å²) in [4.78, 5) is 12.1. The van der Waals surface area contributed by atoms with Gasteiger partial charge >= 0.3 is 0 Å². The summed E-state index contributed by atoms with van der Waals surface area (Å²) in [5.74, 6) is -1.06. The minimum absolute atomic E-state index is 0.0268. The molecule has 2 rings (SSSR count). The van der Waals surface area contributed by atoms with Gasteiger partial charge in [0.15, 0.2) is 11.6 Å². The van der Waals surface area contributed by atoms with Crippen molar-refractivity contribution in [1.82, 2.24) is 10.6 Å². The van der Waals surface area contributed by atoms with E-state index in [0.29, 0.717) is 13.1 Å². The van der Waals surface area contributed by atoms with Crippen molar-refractivity contribution in [2.24, 2.45) is 0 Å². The maximum Gasteiger partial charge on any atom is 0.254 e. The van der Waals surface area contributed by atoms with Crippen LogP contribution in [-0.4, -0.2) is 45.4 Å². The summed E-state index contributed by atoms with van der Waals surface area (Å²) < 4.78 is 24.0. The fourth-order valence-corrected chi connectivity index (χ4v) is 2.14. The number of rotatable bonds is 4. The number of carbonyl (C=O) groups excluding carboxylic acids is 1. The molecule has 19 heavy (non-hydrogen) atoms.